The van der Waals surface area contributed by atoms with E-state index in [-0.39, 0.29) is 24.2 Å². The van der Waals surface area contributed by atoms with Gasteiger partial charge < -0.3 is 10.6 Å². The molecular weight excluding hydrogens is 164 g/mol. The maximum Gasteiger partial charge on any atom is 0.221 e. The predicted octanol–water partition coefficient (Wildman–Crippen LogP) is 0.235. The Bertz CT molecular complexity index is 140. The molecule has 1 fully saturated rings. The van der Waals surface area contributed by atoms with Crippen molar-refractivity contribution < 1.29 is 4.79 Å². The van der Waals surface area contributed by atoms with Crippen LogP contribution >= 0.6 is 12.4 Å². The molecule has 0 aromatic carbocycles. The number of nitrogens with two attached hydrogens (primary N) is 1. The third-order valence-electron chi connectivity index (χ3n) is 2.12. The maximum absolute atomic E-state index is 10.7. The first-order valence-electron chi connectivity index (χ1n) is 3.75. The molecule has 1 heterocycles. The summed E-state index contributed by atoms with van der Waals surface area (Å²) in [5, 5.41) is 0. The zero-order valence-corrected chi connectivity index (χ0v) is 7.56. The lowest BCUT2D eigenvalue weighted by atomic mass is 10.1. The number of likely N-dealkylation sites (tertiary alicyclic amines) is 1. The van der Waals surface area contributed by atoms with Gasteiger partial charge in [-0.15, -0.1) is 12.4 Å². The van der Waals surface area contributed by atoms with Crippen LogP contribution in [0.3, 0.4) is 0 Å². The molecule has 0 aromatic rings. The van der Waals surface area contributed by atoms with E-state index in [0.29, 0.717) is 0 Å². The summed E-state index contributed by atoms with van der Waals surface area (Å²) in [6.45, 7) is 5.03. The first-order chi connectivity index (χ1) is 4.74. The van der Waals surface area contributed by atoms with Gasteiger partial charge in [0.1, 0.15) is 0 Å². The van der Waals surface area contributed by atoms with Gasteiger partial charge in [-0.3, -0.25) is 4.79 Å². The predicted molar refractivity (Wildman–Crippen MR) is 46.7 cm³/mol. The molecule has 1 saturated heterocycles. The van der Waals surface area contributed by atoms with Crippen LogP contribution in [0.15, 0.2) is 0 Å². The molecule has 1 atom stereocenters. The van der Waals surface area contributed by atoms with Crippen LogP contribution < -0.4 is 5.73 Å². The standard InChI is InChI=1S/C7H14N2O.ClH/c1-2-9-4-3-6(5-9)7(8)10;/h6H,2-5H2,1H3,(H2,8,10);1H. The second kappa shape index (κ2) is 4.57. The van der Waals surface area contributed by atoms with Gasteiger partial charge in [0.25, 0.3) is 0 Å². The minimum absolute atomic E-state index is 0. The van der Waals surface area contributed by atoms with E-state index >= 15 is 0 Å². The Labute approximate surface area is 73.3 Å². The number of carbonyl (C=O) groups excluding carboxylic acids is 1. The second-order valence-electron chi connectivity index (χ2n) is 2.78. The van der Waals surface area contributed by atoms with Crippen LogP contribution in [0.5, 0.6) is 0 Å². The first kappa shape index (κ1) is 10.7. The van der Waals surface area contributed by atoms with Crippen molar-refractivity contribution >= 4 is 18.3 Å². The molecular formula is C7H15ClN2O. The van der Waals surface area contributed by atoms with Crippen LogP contribution in [0.25, 0.3) is 0 Å². The number of nitrogens with zero attached hydrogens (tertiary/aromatic N) is 1. The Morgan fingerprint density at radius 2 is 2.36 bits per heavy atom. The molecule has 3 nitrogen and oxygen atoms in total. The fraction of sp³-hybridized carbons (Fsp3) is 0.857. The number of hydrogen-bond donors (Lipinski definition) is 1. The molecule has 1 rings (SSSR count). The van der Waals surface area contributed by atoms with E-state index in [1.807, 2.05) is 0 Å². The van der Waals surface area contributed by atoms with E-state index in [1.165, 1.54) is 0 Å². The molecule has 0 aromatic heterocycles. The quantitative estimate of drug-likeness (QED) is 0.659. The highest BCUT2D eigenvalue weighted by atomic mass is 35.5. The smallest absolute Gasteiger partial charge is 0.221 e. The second-order valence-corrected chi connectivity index (χ2v) is 2.78. The van der Waals surface area contributed by atoms with E-state index in [9.17, 15) is 4.79 Å². The normalized spacial score (nSPS) is 24.6. The van der Waals surface area contributed by atoms with Gasteiger partial charge in [0.2, 0.25) is 5.91 Å². The van der Waals surface area contributed by atoms with Crippen LogP contribution in [0.1, 0.15) is 13.3 Å². The summed E-state index contributed by atoms with van der Waals surface area (Å²) in [4.78, 5) is 12.9. The topological polar surface area (TPSA) is 46.3 Å². The van der Waals surface area contributed by atoms with E-state index in [2.05, 4.69) is 11.8 Å². The van der Waals surface area contributed by atoms with Gasteiger partial charge >= 0.3 is 0 Å². The Morgan fingerprint density at radius 1 is 1.73 bits per heavy atom. The highest BCUT2D eigenvalue weighted by molar-refractivity contribution is 5.85. The number of halogens is 1. The van der Waals surface area contributed by atoms with E-state index in [0.717, 1.165) is 26.1 Å². The van der Waals surface area contributed by atoms with Crippen molar-refractivity contribution in [3.05, 3.63) is 0 Å². The molecule has 1 aliphatic heterocycles. The first-order valence-corrected chi connectivity index (χ1v) is 3.75. The average molecular weight is 179 g/mol. The third kappa shape index (κ3) is 2.67. The Balaban J connectivity index is 0.000001000. The van der Waals surface area contributed by atoms with Gasteiger partial charge in [0.05, 0.1) is 5.92 Å². The van der Waals surface area contributed by atoms with Crippen molar-refractivity contribution in [1.29, 1.82) is 0 Å². The van der Waals surface area contributed by atoms with Crippen LogP contribution in [0, 0.1) is 5.92 Å². The van der Waals surface area contributed by atoms with Crippen molar-refractivity contribution in [2.75, 3.05) is 19.6 Å². The molecule has 1 unspecified atom stereocenters. The lowest BCUT2D eigenvalue weighted by Gasteiger charge is -2.10. The summed E-state index contributed by atoms with van der Waals surface area (Å²) in [6, 6.07) is 0. The number of primary amides is 1. The zero-order chi connectivity index (χ0) is 7.56. The lowest BCUT2D eigenvalue weighted by molar-refractivity contribution is -0.121. The molecule has 0 saturated carbocycles. The molecule has 2 N–H and O–H groups in total. The summed E-state index contributed by atoms with van der Waals surface area (Å²) in [5.41, 5.74) is 5.15. The van der Waals surface area contributed by atoms with Crippen LogP contribution in [0.4, 0.5) is 0 Å². The Morgan fingerprint density at radius 3 is 2.64 bits per heavy atom. The minimum Gasteiger partial charge on any atom is -0.369 e. The number of carbonyl (C=O) groups is 1. The number of hydrogen-bond acceptors (Lipinski definition) is 2. The van der Waals surface area contributed by atoms with E-state index < -0.39 is 0 Å². The largest absolute Gasteiger partial charge is 0.369 e. The van der Waals surface area contributed by atoms with Crippen molar-refractivity contribution in [1.82, 2.24) is 4.90 Å². The van der Waals surface area contributed by atoms with Crippen molar-refractivity contribution in [3.8, 4) is 0 Å². The number of rotatable bonds is 2. The van der Waals surface area contributed by atoms with Crippen molar-refractivity contribution in [2.24, 2.45) is 11.7 Å². The molecule has 0 spiro atoms. The number of amides is 1. The summed E-state index contributed by atoms with van der Waals surface area (Å²) in [5.74, 6) is -0.0316. The summed E-state index contributed by atoms with van der Waals surface area (Å²) < 4.78 is 0. The van der Waals surface area contributed by atoms with Gasteiger partial charge in [-0.1, -0.05) is 6.92 Å². The summed E-state index contributed by atoms with van der Waals surface area (Å²) in [7, 11) is 0. The average Bonchev–Trinajstić information content (AvgIpc) is 2.34. The fourth-order valence-corrected chi connectivity index (χ4v) is 1.35. The van der Waals surface area contributed by atoms with E-state index in [4.69, 9.17) is 5.73 Å². The summed E-state index contributed by atoms with van der Waals surface area (Å²) in [6.07, 6.45) is 0.948. The molecule has 1 aliphatic rings. The molecule has 1 amide bonds. The molecule has 0 aliphatic carbocycles. The molecule has 0 bridgehead atoms. The minimum atomic E-state index is -0.143. The highest BCUT2D eigenvalue weighted by Gasteiger charge is 2.24. The maximum atomic E-state index is 10.7. The summed E-state index contributed by atoms with van der Waals surface area (Å²) >= 11 is 0. The van der Waals surface area contributed by atoms with Gasteiger partial charge in [-0.25, -0.2) is 0 Å². The SMILES string of the molecule is CCN1CCC(C(N)=O)C1.Cl. The Hall–Kier alpha value is -0.280. The highest BCUT2D eigenvalue weighted by Crippen LogP contribution is 2.14. The van der Waals surface area contributed by atoms with Crippen LogP contribution in [-0.2, 0) is 4.79 Å². The third-order valence-corrected chi connectivity index (χ3v) is 2.12. The van der Waals surface area contributed by atoms with Gasteiger partial charge in [0.15, 0.2) is 0 Å². The van der Waals surface area contributed by atoms with Crippen LogP contribution in [-0.4, -0.2) is 30.4 Å². The zero-order valence-electron chi connectivity index (χ0n) is 6.75. The monoisotopic (exact) mass is 178 g/mol. The molecule has 4 heteroatoms. The van der Waals surface area contributed by atoms with Gasteiger partial charge in [-0.2, -0.15) is 0 Å². The van der Waals surface area contributed by atoms with Gasteiger partial charge in [-0.05, 0) is 19.5 Å². The Kier molecular flexibility index (Phi) is 4.45. The lowest BCUT2D eigenvalue weighted by Crippen LogP contribution is -2.27. The van der Waals surface area contributed by atoms with Gasteiger partial charge in [0, 0.05) is 6.54 Å². The van der Waals surface area contributed by atoms with Crippen molar-refractivity contribution in [2.45, 2.75) is 13.3 Å². The molecule has 11 heavy (non-hydrogen) atoms. The molecule has 66 valence electrons. The molecule has 0 radical (unpaired) electrons. The van der Waals surface area contributed by atoms with E-state index in [1.54, 1.807) is 0 Å². The fourth-order valence-electron chi connectivity index (χ4n) is 1.35. The van der Waals surface area contributed by atoms with Crippen molar-refractivity contribution in [3.63, 3.8) is 0 Å². The van der Waals surface area contributed by atoms with Crippen LogP contribution in [0.2, 0.25) is 0 Å².